The maximum absolute atomic E-state index is 15.0. The third-order valence-electron chi connectivity index (χ3n) is 6.60. The van der Waals surface area contributed by atoms with Crippen LogP contribution < -0.4 is 4.74 Å². The van der Waals surface area contributed by atoms with E-state index >= 15 is 0 Å². The average Bonchev–Trinajstić information content (AvgIpc) is 3.27. The van der Waals surface area contributed by atoms with Crippen molar-refractivity contribution in [3.8, 4) is 5.75 Å². The van der Waals surface area contributed by atoms with Gasteiger partial charge in [-0.3, -0.25) is 9.59 Å². The molecule has 3 atom stereocenters. The molecule has 35 heavy (non-hydrogen) atoms. The number of carbonyl (C=O) groups excluding carboxylic acids is 2. The number of fused-ring (bicyclic) bond motifs is 1. The second-order valence-electron chi connectivity index (χ2n) is 8.97. The Labute approximate surface area is 204 Å². The second kappa shape index (κ2) is 10.4. The summed E-state index contributed by atoms with van der Waals surface area (Å²) in [5, 5.41) is 0. The summed E-state index contributed by atoms with van der Waals surface area (Å²) in [4.78, 5) is 25.1. The lowest BCUT2D eigenvalue weighted by molar-refractivity contribution is -0.154. The van der Waals surface area contributed by atoms with Crippen molar-refractivity contribution in [3.05, 3.63) is 89.5 Å². The topological polar surface area (TPSA) is 71.1 Å². The number of halogens is 1. The minimum absolute atomic E-state index is 0.0133. The number of allylic oxidation sites excluding steroid dienone is 1. The Morgan fingerprint density at radius 3 is 2.83 bits per heavy atom. The summed E-state index contributed by atoms with van der Waals surface area (Å²) < 4.78 is 37.7. The zero-order chi connectivity index (χ0) is 25.0. The van der Waals surface area contributed by atoms with E-state index in [1.807, 2.05) is 37.3 Å². The molecule has 0 bridgehead atoms. The van der Waals surface area contributed by atoms with Gasteiger partial charge in [0.05, 0.1) is 0 Å². The zero-order valence-electron chi connectivity index (χ0n) is 19.9. The molecule has 0 unspecified atom stereocenters. The van der Waals surface area contributed by atoms with Gasteiger partial charge in [-0.15, -0.1) is 0 Å². The minimum atomic E-state index is -1.03. The van der Waals surface area contributed by atoms with Crippen LogP contribution in [0, 0.1) is 24.6 Å². The van der Waals surface area contributed by atoms with Crippen molar-refractivity contribution in [2.24, 2.45) is 11.8 Å². The standard InChI is InChI=1S/C28H29FO6/c1-4-10-32-27(31)22-15-28(26(14-24(22)30)34-17-35-28)19(3)12-21-13-25(18(2)11-23(21)29)33-16-20-8-6-5-7-9-20/h4-9,11,13-14,19,22H,1,10,12,15-17H2,2-3H3/t19-,22+,28+/m0/s1. The highest BCUT2D eigenvalue weighted by atomic mass is 19.1. The van der Waals surface area contributed by atoms with Gasteiger partial charge in [0.1, 0.15) is 42.1 Å². The van der Waals surface area contributed by atoms with E-state index in [1.165, 1.54) is 18.2 Å². The molecule has 0 saturated carbocycles. The highest BCUT2D eigenvalue weighted by molar-refractivity contribution is 6.06. The van der Waals surface area contributed by atoms with Gasteiger partial charge in [0.25, 0.3) is 0 Å². The molecular weight excluding hydrogens is 451 g/mol. The smallest absolute Gasteiger partial charge is 0.317 e. The normalized spacial score (nSPS) is 22.0. The summed E-state index contributed by atoms with van der Waals surface area (Å²) in [5.74, 6) is -1.73. The number of benzene rings is 2. The fourth-order valence-corrected chi connectivity index (χ4v) is 4.61. The average molecular weight is 481 g/mol. The van der Waals surface area contributed by atoms with Crippen molar-refractivity contribution < 1.29 is 32.9 Å². The third kappa shape index (κ3) is 5.15. The Kier molecular flexibility index (Phi) is 7.36. The number of ketones is 1. The number of esters is 1. The summed E-state index contributed by atoms with van der Waals surface area (Å²) in [6.07, 6.45) is 3.11. The van der Waals surface area contributed by atoms with Gasteiger partial charge in [-0.25, -0.2) is 4.39 Å². The number of hydrogen-bond donors (Lipinski definition) is 0. The van der Waals surface area contributed by atoms with Crippen LogP contribution in [-0.2, 0) is 36.8 Å². The number of aryl methyl sites for hydroxylation is 1. The monoisotopic (exact) mass is 480 g/mol. The van der Waals surface area contributed by atoms with E-state index in [9.17, 15) is 14.0 Å². The summed E-state index contributed by atoms with van der Waals surface area (Å²) in [6.45, 7) is 7.56. The summed E-state index contributed by atoms with van der Waals surface area (Å²) in [7, 11) is 0. The van der Waals surface area contributed by atoms with Crippen LogP contribution >= 0.6 is 0 Å². The van der Waals surface area contributed by atoms with Crippen molar-refractivity contribution in [1.29, 1.82) is 0 Å². The lowest BCUT2D eigenvalue weighted by atomic mass is 9.72. The Hall–Kier alpha value is -3.45. The van der Waals surface area contributed by atoms with Crippen LogP contribution in [0.3, 0.4) is 0 Å². The van der Waals surface area contributed by atoms with E-state index in [2.05, 4.69) is 6.58 Å². The fourth-order valence-electron chi connectivity index (χ4n) is 4.61. The van der Waals surface area contributed by atoms with Crippen molar-refractivity contribution >= 4 is 11.8 Å². The van der Waals surface area contributed by atoms with Gasteiger partial charge in [0.15, 0.2) is 12.6 Å². The van der Waals surface area contributed by atoms with Crippen LogP contribution in [-0.4, -0.2) is 30.8 Å². The van der Waals surface area contributed by atoms with E-state index in [0.717, 1.165) is 5.56 Å². The van der Waals surface area contributed by atoms with Gasteiger partial charge in [-0.1, -0.05) is 49.9 Å². The molecule has 184 valence electrons. The van der Waals surface area contributed by atoms with Crippen molar-refractivity contribution in [3.63, 3.8) is 0 Å². The van der Waals surface area contributed by atoms with E-state index in [4.69, 9.17) is 18.9 Å². The Morgan fingerprint density at radius 2 is 2.09 bits per heavy atom. The summed E-state index contributed by atoms with van der Waals surface area (Å²) in [6, 6.07) is 12.9. The summed E-state index contributed by atoms with van der Waals surface area (Å²) >= 11 is 0. The Bertz CT molecular complexity index is 1140. The number of rotatable bonds is 9. The van der Waals surface area contributed by atoms with Gasteiger partial charge in [-0.05, 0) is 48.1 Å². The van der Waals surface area contributed by atoms with Crippen LogP contribution in [0.5, 0.6) is 5.75 Å². The van der Waals surface area contributed by atoms with Gasteiger partial charge in [0, 0.05) is 12.5 Å². The fraction of sp³-hybridized carbons (Fsp3) is 0.357. The first kappa shape index (κ1) is 24.7. The SMILES string of the molecule is C=CCOC(=O)[C@@H]1C[C@]2([C@@H](C)Cc3cc(OCc4ccccc4)c(C)cc3F)OCOC2=CC1=O. The quantitative estimate of drug-likeness (QED) is 0.291. The lowest BCUT2D eigenvalue weighted by Gasteiger charge is -2.37. The van der Waals surface area contributed by atoms with Crippen LogP contribution in [0.1, 0.15) is 30.0 Å². The predicted molar refractivity (Wildman–Crippen MR) is 127 cm³/mol. The second-order valence-corrected chi connectivity index (χ2v) is 8.97. The highest BCUT2D eigenvalue weighted by Gasteiger charge is 2.54. The van der Waals surface area contributed by atoms with Crippen LogP contribution in [0.4, 0.5) is 4.39 Å². The lowest BCUT2D eigenvalue weighted by Crippen LogP contribution is -2.47. The third-order valence-corrected chi connectivity index (χ3v) is 6.60. The molecule has 2 aromatic carbocycles. The zero-order valence-corrected chi connectivity index (χ0v) is 19.9. The molecule has 0 aromatic heterocycles. The molecule has 1 aliphatic carbocycles. The van der Waals surface area contributed by atoms with Crippen molar-refractivity contribution in [1.82, 2.24) is 0 Å². The first-order chi connectivity index (χ1) is 16.8. The van der Waals surface area contributed by atoms with Crippen molar-refractivity contribution in [2.75, 3.05) is 13.4 Å². The largest absolute Gasteiger partial charge is 0.489 e. The van der Waals surface area contributed by atoms with Gasteiger partial charge in [-0.2, -0.15) is 0 Å². The molecule has 0 radical (unpaired) electrons. The molecule has 2 aliphatic rings. The van der Waals surface area contributed by atoms with Gasteiger partial charge < -0.3 is 18.9 Å². The maximum atomic E-state index is 15.0. The molecule has 1 saturated heterocycles. The van der Waals surface area contributed by atoms with E-state index in [1.54, 1.807) is 13.0 Å². The van der Waals surface area contributed by atoms with Crippen molar-refractivity contribution in [2.45, 2.75) is 38.9 Å². The summed E-state index contributed by atoms with van der Waals surface area (Å²) in [5.41, 5.74) is 1.13. The maximum Gasteiger partial charge on any atom is 0.317 e. The van der Waals surface area contributed by atoms with Crippen LogP contribution in [0.2, 0.25) is 0 Å². The predicted octanol–water partition coefficient (Wildman–Crippen LogP) is 4.84. The molecule has 2 aromatic rings. The highest BCUT2D eigenvalue weighted by Crippen LogP contribution is 2.46. The molecule has 7 heteroatoms. The van der Waals surface area contributed by atoms with Gasteiger partial charge >= 0.3 is 5.97 Å². The Morgan fingerprint density at radius 1 is 1.31 bits per heavy atom. The molecule has 6 nitrogen and oxygen atoms in total. The molecule has 0 N–H and O–H groups in total. The van der Waals surface area contributed by atoms with Gasteiger partial charge in [0.2, 0.25) is 0 Å². The minimum Gasteiger partial charge on any atom is -0.489 e. The molecule has 1 fully saturated rings. The molecule has 0 spiro atoms. The molecule has 1 aliphatic heterocycles. The molecule has 0 amide bonds. The van der Waals surface area contributed by atoms with E-state index < -0.39 is 17.5 Å². The Balaban J connectivity index is 1.55. The first-order valence-corrected chi connectivity index (χ1v) is 11.6. The molecule has 1 heterocycles. The first-order valence-electron chi connectivity index (χ1n) is 11.6. The number of carbonyl (C=O) groups is 2. The molecular formula is C28H29FO6. The number of ether oxygens (including phenoxy) is 4. The van der Waals surface area contributed by atoms with Crippen LogP contribution in [0.25, 0.3) is 0 Å². The van der Waals surface area contributed by atoms with Crippen LogP contribution in [0.15, 0.2) is 67.0 Å². The van der Waals surface area contributed by atoms with E-state index in [0.29, 0.717) is 29.2 Å². The molecule has 4 rings (SSSR count). The van der Waals surface area contributed by atoms with E-state index in [-0.39, 0.29) is 43.8 Å². The number of hydrogen-bond acceptors (Lipinski definition) is 6.